The minimum Gasteiger partial charge on any atom is -0.383 e. The minimum absolute atomic E-state index is 0.0241. The van der Waals surface area contributed by atoms with Crippen molar-refractivity contribution in [2.24, 2.45) is 0 Å². The molecule has 7 heteroatoms. The smallest absolute Gasteiger partial charge is 0.330 e. The average Bonchev–Trinajstić information content (AvgIpc) is 2.61. The summed E-state index contributed by atoms with van der Waals surface area (Å²) in [4.78, 5) is 41.0. The van der Waals surface area contributed by atoms with E-state index in [1.807, 2.05) is 19.9 Å². The zero-order chi connectivity index (χ0) is 18.4. The molecule has 3 N–H and O–H groups in total. The Labute approximate surface area is 146 Å². The van der Waals surface area contributed by atoms with E-state index >= 15 is 0 Å². The van der Waals surface area contributed by atoms with E-state index < -0.39 is 11.2 Å². The summed E-state index contributed by atoms with van der Waals surface area (Å²) < 4.78 is 1.30. The van der Waals surface area contributed by atoms with Gasteiger partial charge in [0.1, 0.15) is 5.82 Å². The van der Waals surface area contributed by atoms with Crippen LogP contribution in [0, 0.1) is 0 Å². The van der Waals surface area contributed by atoms with E-state index in [0.29, 0.717) is 31.5 Å². The van der Waals surface area contributed by atoms with Crippen LogP contribution in [-0.4, -0.2) is 22.0 Å². The fourth-order valence-electron chi connectivity index (χ4n) is 2.65. The lowest BCUT2D eigenvalue weighted by molar-refractivity contribution is 0.0986. The Morgan fingerprint density at radius 1 is 1.16 bits per heavy atom. The Hall–Kier alpha value is -2.83. The number of benzene rings is 1. The number of nitrogens with one attached hydrogen (secondary N) is 1. The molecular formula is C18H24N4O3. The normalized spacial score (nSPS) is 10.6. The summed E-state index contributed by atoms with van der Waals surface area (Å²) in [5.41, 5.74) is 5.41. The molecule has 25 heavy (non-hydrogen) atoms. The summed E-state index contributed by atoms with van der Waals surface area (Å²) in [5.74, 6) is -0.288. The lowest BCUT2D eigenvalue weighted by Crippen LogP contribution is -2.41. The molecule has 1 aromatic heterocycles. The van der Waals surface area contributed by atoms with Gasteiger partial charge in [0.05, 0.1) is 0 Å². The second-order valence-corrected chi connectivity index (χ2v) is 5.82. The highest BCUT2D eigenvalue weighted by atomic mass is 16.2. The molecule has 0 aliphatic carbocycles. The molecule has 0 aliphatic heterocycles. The summed E-state index contributed by atoms with van der Waals surface area (Å²) in [5, 5.41) is 0. The topological polar surface area (TPSA) is 101 Å². The number of nitrogens with zero attached hydrogens (tertiary/aromatic N) is 2. The number of aromatic nitrogens is 2. The van der Waals surface area contributed by atoms with Gasteiger partial charge in [-0.05, 0) is 25.0 Å². The number of hydrogen-bond donors (Lipinski definition) is 2. The first kappa shape index (κ1) is 18.5. The molecule has 7 nitrogen and oxygen atoms in total. The van der Waals surface area contributed by atoms with Crippen molar-refractivity contribution in [1.82, 2.24) is 9.55 Å². The van der Waals surface area contributed by atoms with Crippen molar-refractivity contribution in [3.63, 3.8) is 0 Å². The van der Waals surface area contributed by atoms with Crippen LogP contribution in [0.3, 0.4) is 0 Å². The largest absolute Gasteiger partial charge is 0.383 e. The van der Waals surface area contributed by atoms with Crippen LogP contribution in [0.1, 0.15) is 43.5 Å². The quantitative estimate of drug-likeness (QED) is 0.802. The van der Waals surface area contributed by atoms with Gasteiger partial charge in [-0.25, -0.2) is 4.79 Å². The predicted octanol–water partition coefficient (Wildman–Crippen LogP) is 1.98. The minimum atomic E-state index is -0.643. The number of nitrogens with two attached hydrogens (primary N) is 1. The maximum absolute atomic E-state index is 12.9. The van der Waals surface area contributed by atoms with Crippen molar-refractivity contribution < 1.29 is 4.79 Å². The maximum Gasteiger partial charge on any atom is 0.330 e. The zero-order valence-electron chi connectivity index (χ0n) is 14.6. The molecular weight excluding hydrogens is 320 g/mol. The van der Waals surface area contributed by atoms with E-state index in [9.17, 15) is 14.4 Å². The van der Waals surface area contributed by atoms with Crippen LogP contribution in [-0.2, 0) is 6.54 Å². The molecule has 1 amide bonds. The van der Waals surface area contributed by atoms with Gasteiger partial charge in [-0.15, -0.1) is 0 Å². The SMILES string of the molecule is CCCCN(C(=O)c1ccccc1)c1c(N)n(CCC)c(=O)[nH]c1=O. The molecule has 0 saturated carbocycles. The van der Waals surface area contributed by atoms with Crippen LogP contribution >= 0.6 is 0 Å². The number of hydrogen-bond acceptors (Lipinski definition) is 4. The van der Waals surface area contributed by atoms with Crippen LogP contribution in [0.15, 0.2) is 39.9 Å². The Balaban J connectivity index is 2.59. The predicted molar refractivity (Wildman–Crippen MR) is 99.1 cm³/mol. The highest BCUT2D eigenvalue weighted by Crippen LogP contribution is 2.20. The van der Waals surface area contributed by atoms with E-state index in [1.54, 1.807) is 24.3 Å². The molecule has 0 spiro atoms. The van der Waals surface area contributed by atoms with Crippen molar-refractivity contribution in [1.29, 1.82) is 0 Å². The number of unbranched alkanes of at least 4 members (excludes halogenated alkanes) is 1. The van der Waals surface area contributed by atoms with Crippen molar-refractivity contribution in [2.45, 2.75) is 39.7 Å². The monoisotopic (exact) mass is 344 g/mol. The standard InChI is InChI=1S/C18H24N4O3/c1-3-5-12-21(17(24)13-9-7-6-8-10-13)14-15(19)22(11-4-2)18(25)20-16(14)23/h6-10H,3-5,11-12,19H2,1-2H3,(H,20,23,25). The fourth-order valence-corrected chi connectivity index (χ4v) is 2.65. The van der Waals surface area contributed by atoms with Gasteiger partial charge in [0, 0.05) is 18.7 Å². The van der Waals surface area contributed by atoms with Gasteiger partial charge in [-0.2, -0.15) is 0 Å². The summed E-state index contributed by atoms with van der Waals surface area (Å²) in [7, 11) is 0. The Bertz CT molecular complexity index is 840. The van der Waals surface area contributed by atoms with Gasteiger partial charge in [0.15, 0.2) is 5.69 Å². The second kappa shape index (κ2) is 8.32. The Morgan fingerprint density at radius 2 is 1.84 bits per heavy atom. The molecule has 0 saturated heterocycles. The van der Waals surface area contributed by atoms with Gasteiger partial charge in [0.25, 0.3) is 11.5 Å². The van der Waals surface area contributed by atoms with E-state index in [4.69, 9.17) is 5.73 Å². The summed E-state index contributed by atoms with van der Waals surface area (Å²) in [6, 6.07) is 8.71. The first-order chi connectivity index (χ1) is 12.0. The van der Waals surface area contributed by atoms with Crippen LogP contribution in [0.2, 0.25) is 0 Å². The molecule has 2 aromatic rings. The van der Waals surface area contributed by atoms with E-state index in [1.165, 1.54) is 9.47 Å². The molecule has 0 radical (unpaired) electrons. The lowest BCUT2D eigenvalue weighted by atomic mass is 10.1. The van der Waals surface area contributed by atoms with Crippen LogP contribution in [0.5, 0.6) is 0 Å². The van der Waals surface area contributed by atoms with Crippen molar-refractivity contribution >= 4 is 17.4 Å². The van der Waals surface area contributed by atoms with Gasteiger partial charge < -0.3 is 10.6 Å². The van der Waals surface area contributed by atoms with Gasteiger partial charge in [0.2, 0.25) is 0 Å². The highest BCUT2D eigenvalue weighted by molar-refractivity contribution is 6.07. The van der Waals surface area contributed by atoms with Gasteiger partial charge in [-0.1, -0.05) is 38.5 Å². The fraction of sp³-hybridized carbons (Fsp3) is 0.389. The molecule has 0 fully saturated rings. The number of carbonyl (C=O) groups excluding carboxylic acids is 1. The first-order valence-corrected chi connectivity index (χ1v) is 8.50. The number of aromatic amines is 1. The Kier molecular flexibility index (Phi) is 6.16. The molecule has 0 unspecified atom stereocenters. The number of H-pyrrole nitrogens is 1. The van der Waals surface area contributed by atoms with Crippen molar-refractivity contribution in [2.75, 3.05) is 17.2 Å². The maximum atomic E-state index is 12.9. The molecule has 0 aliphatic rings. The van der Waals surface area contributed by atoms with E-state index in [0.717, 1.165) is 6.42 Å². The van der Waals surface area contributed by atoms with E-state index in [2.05, 4.69) is 4.98 Å². The van der Waals surface area contributed by atoms with Crippen molar-refractivity contribution in [3.8, 4) is 0 Å². The van der Waals surface area contributed by atoms with Gasteiger partial charge >= 0.3 is 5.69 Å². The average molecular weight is 344 g/mol. The number of rotatable bonds is 7. The van der Waals surface area contributed by atoms with Gasteiger partial charge in [-0.3, -0.25) is 19.1 Å². The number of nitrogen functional groups attached to an aromatic ring is 1. The van der Waals surface area contributed by atoms with Crippen molar-refractivity contribution in [3.05, 3.63) is 56.7 Å². The third-order valence-electron chi connectivity index (χ3n) is 3.93. The van der Waals surface area contributed by atoms with E-state index in [-0.39, 0.29) is 17.4 Å². The molecule has 1 aromatic carbocycles. The van der Waals surface area contributed by atoms with Crippen LogP contribution < -0.4 is 21.9 Å². The molecule has 0 atom stereocenters. The number of amides is 1. The molecule has 0 bridgehead atoms. The van der Waals surface area contributed by atoms with Crippen LogP contribution in [0.4, 0.5) is 11.5 Å². The lowest BCUT2D eigenvalue weighted by Gasteiger charge is -2.24. The molecule has 2 rings (SSSR count). The van der Waals surface area contributed by atoms with Crippen LogP contribution in [0.25, 0.3) is 0 Å². The first-order valence-electron chi connectivity index (χ1n) is 8.50. The summed E-state index contributed by atoms with van der Waals surface area (Å²) >= 11 is 0. The molecule has 1 heterocycles. The molecule has 134 valence electrons. The highest BCUT2D eigenvalue weighted by Gasteiger charge is 2.24. The zero-order valence-corrected chi connectivity index (χ0v) is 14.6. The number of anilines is 2. The third-order valence-corrected chi connectivity index (χ3v) is 3.93. The number of carbonyl (C=O) groups is 1. The second-order valence-electron chi connectivity index (χ2n) is 5.82. The summed E-state index contributed by atoms with van der Waals surface area (Å²) in [6.45, 7) is 4.62. The Morgan fingerprint density at radius 3 is 2.44 bits per heavy atom. The third kappa shape index (κ3) is 3.99. The summed E-state index contributed by atoms with van der Waals surface area (Å²) in [6.07, 6.45) is 2.24.